The molecule has 2 fully saturated rings. The molecule has 0 aromatic heterocycles. The SMILES string of the molecule is O=C1C=CC(=O)N1CC1COB(c2ccc(B3OCC(CN4C(=O)C=CC4O)O3)cc2)O1. The average molecular weight is 438 g/mol. The molecule has 0 bridgehead atoms. The molecule has 0 saturated carbocycles. The summed E-state index contributed by atoms with van der Waals surface area (Å²) in [6.07, 6.45) is 3.59. The Labute approximate surface area is 184 Å². The zero-order valence-corrected chi connectivity index (χ0v) is 17.0. The van der Waals surface area contributed by atoms with Crippen LogP contribution < -0.4 is 10.9 Å². The monoisotopic (exact) mass is 438 g/mol. The molecule has 4 aliphatic rings. The first-order valence-electron chi connectivity index (χ1n) is 10.3. The molecule has 1 aromatic rings. The van der Waals surface area contributed by atoms with E-state index in [1.54, 1.807) is 0 Å². The van der Waals surface area contributed by atoms with Crippen molar-refractivity contribution in [2.75, 3.05) is 26.3 Å². The molecule has 3 amide bonds. The summed E-state index contributed by atoms with van der Waals surface area (Å²) >= 11 is 0. The van der Waals surface area contributed by atoms with Gasteiger partial charge >= 0.3 is 14.2 Å². The maximum Gasteiger partial charge on any atom is 0.494 e. The van der Waals surface area contributed by atoms with Gasteiger partial charge in [-0.15, -0.1) is 0 Å². The highest BCUT2D eigenvalue weighted by Gasteiger charge is 2.38. The van der Waals surface area contributed by atoms with Crippen molar-refractivity contribution in [2.24, 2.45) is 0 Å². The van der Waals surface area contributed by atoms with Crippen LogP contribution in [0.3, 0.4) is 0 Å². The number of nitrogens with zero attached hydrogens (tertiary/aromatic N) is 2. The highest BCUT2D eigenvalue weighted by atomic mass is 16.6. The van der Waals surface area contributed by atoms with Gasteiger partial charge in [0.1, 0.15) is 6.23 Å². The van der Waals surface area contributed by atoms with Crippen LogP contribution in [0.2, 0.25) is 0 Å². The summed E-state index contributed by atoms with van der Waals surface area (Å²) in [6.45, 7) is 0.969. The van der Waals surface area contributed by atoms with Crippen molar-refractivity contribution in [3.63, 3.8) is 0 Å². The average Bonchev–Trinajstić information content (AvgIpc) is 3.58. The lowest BCUT2D eigenvalue weighted by atomic mass is 9.74. The lowest BCUT2D eigenvalue weighted by Gasteiger charge is -2.23. The third-order valence-corrected chi connectivity index (χ3v) is 5.68. The molecule has 164 valence electrons. The molecule has 4 aliphatic heterocycles. The van der Waals surface area contributed by atoms with Gasteiger partial charge in [-0.1, -0.05) is 24.3 Å². The van der Waals surface area contributed by atoms with E-state index in [1.807, 2.05) is 24.3 Å². The number of aliphatic hydroxyl groups is 1. The fourth-order valence-corrected chi connectivity index (χ4v) is 3.98. The Morgan fingerprint density at radius 2 is 1.34 bits per heavy atom. The first-order chi connectivity index (χ1) is 15.5. The van der Waals surface area contributed by atoms with Crippen molar-refractivity contribution in [2.45, 2.75) is 18.4 Å². The Kier molecular flexibility index (Phi) is 5.70. The smallest absolute Gasteiger partial charge is 0.405 e. The van der Waals surface area contributed by atoms with E-state index < -0.39 is 26.6 Å². The number of benzene rings is 1. The minimum atomic E-state index is -0.933. The van der Waals surface area contributed by atoms with Gasteiger partial charge < -0.3 is 28.6 Å². The molecule has 2 saturated heterocycles. The Morgan fingerprint density at radius 1 is 0.812 bits per heavy atom. The first-order valence-corrected chi connectivity index (χ1v) is 10.3. The van der Waals surface area contributed by atoms with E-state index in [1.165, 1.54) is 29.2 Å². The van der Waals surface area contributed by atoms with Crippen molar-refractivity contribution in [1.29, 1.82) is 0 Å². The zero-order valence-electron chi connectivity index (χ0n) is 17.0. The molecule has 4 heterocycles. The maximum absolute atomic E-state index is 11.8. The Bertz CT molecular complexity index is 966. The van der Waals surface area contributed by atoms with Gasteiger partial charge in [-0.2, -0.15) is 0 Å². The van der Waals surface area contributed by atoms with E-state index in [-0.39, 0.29) is 43.5 Å². The molecule has 3 unspecified atom stereocenters. The zero-order chi connectivity index (χ0) is 22.2. The summed E-state index contributed by atoms with van der Waals surface area (Å²) in [5, 5.41) is 9.82. The lowest BCUT2D eigenvalue weighted by Crippen LogP contribution is -2.42. The standard InChI is InChI=1S/C20H20B2N2O8/c25-17-5-6-18(26)23(17)9-15-11-29-21(31-15)13-1-2-14(4-3-13)22-30-12-16(32-22)10-24-19(27)7-8-20(24)28/h1-8,15-17,25H,9-12H2. The van der Waals surface area contributed by atoms with Gasteiger partial charge in [-0.05, 0) is 17.0 Å². The minimum Gasteiger partial charge on any atom is -0.405 e. The minimum absolute atomic E-state index is 0.147. The van der Waals surface area contributed by atoms with Gasteiger partial charge in [0.05, 0.1) is 38.5 Å². The highest BCUT2D eigenvalue weighted by Crippen LogP contribution is 2.16. The molecule has 3 atom stereocenters. The van der Waals surface area contributed by atoms with Crippen LogP contribution in [0.5, 0.6) is 0 Å². The van der Waals surface area contributed by atoms with E-state index in [9.17, 15) is 19.5 Å². The van der Waals surface area contributed by atoms with Crippen molar-refractivity contribution < 1.29 is 38.1 Å². The Balaban J connectivity index is 1.14. The predicted molar refractivity (Wildman–Crippen MR) is 112 cm³/mol. The van der Waals surface area contributed by atoms with E-state index in [0.29, 0.717) is 6.61 Å². The Hall–Kier alpha value is -2.76. The lowest BCUT2D eigenvalue weighted by molar-refractivity contribution is -0.138. The van der Waals surface area contributed by atoms with Crippen LogP contribution in [0.15, 0.2) is 48.6 Å². The van der Waals surface area contributed by atoms with Gasteiger partial charge in [-0.3, -0.25) is 19.3 Å². The fraction of sp³-hybridized carbons (Fsp3) is 0.350. The van der Waals surface area contributed by atoms with Crippen LogP contribution in [-0.4, -0.2) is 91.6 Å². The number of carbonyl (C=O) groups is 3. The second kappa shape index (κ2) is 8.64. The van der Waals surface area contributed by atoms with Gasteiger partial charge in [0, 0.05) is 18.2 Å². The Morgan fingerprint density at radius 3 is 1.84 bits per heavy atom. The van der Waals surface area contributed by atoms with Gasteiger partial charge in [0.15, 0.2) is 0 Å². The van der Waals surface area contributed by atoms with Crippen LogP contribution in [0.25, 0.3) is 0 Å². The summed E-state index contributed by atoms with van der Waals surface area (Å²) in [5.74, 6) is -0.944. The van der Waals surface area contributed by atoms with Crippen molar-refractivity contribution in [3.8, 4) is 0 Å². The molecule has 1 N–H and O–H groups in total. The topological polar surface area (TPSA) is 115 Å². The second-order valence-corrected chi connectivity index (χ2v) is 7.90. The quantitative estimate of drug-likeness (QED) is 0.385. The molecular formula is C20H20B2N2O8. The van der Waals surface area contributed by atoms with Crippen LogP contribution in [0.4, 0.5) is 0 Å². The third kappa shape index (κ3) is 4.15. The number of rotatable bonds is 6. The van der Waals surface area contributed by atoms with Crippen LogP contribution >= 0.6 is 0 Å². The number of carbonyl (C=O) groups excluding carboxylic acids is 3. The first kappa shape index (κ1) is 21.1. The van der Waals surface area contributed by atoms with Gasteiger partial charge in [-0.25, -0.2) is 0 Å². The number of amides is 3. The van der Waals surface area contributed by atoms with E-state index in [4.69, 9.17) is 18.6 Å². The molecule has 1 aromatic carbocycles. The van der Waals surface area contributed by atoms with Crippen LogP contribution in [-0.2, 0) is 33.0 Å². The largest absolute Gasteiger partial charge is 0.494 e. The molecule has 0 radical (unpaired) electrons. The highest BCUT2D eigenvalue weighted by molar-refractivity contribution is 6.63. The summed E-state index contributed by atoms with van der Waals surface area (Å²) in [4.78, 5) is 37.6. The summed E-state index contributed by atoms with van der Waals surface area (Å²) in [7, 11) is -1.17. The molecule has 32 heavy (non-hydrogen) atoms. The third-order valence-electron chi connectivity index (χ3n) is 5.68. The number of imide groups is 1. The van der Waals surface area contributed by atoms with Crippen molar-refractivity contribution in [3.05, 3.63) is 48.6 Å². The van der Waals surface area contributed by atoms with Crippen LogP contribution in [0.1, 0.15) is 0 Å². The van der Waals surface area contributed by atoms with Gasteiger partial charge in [0.25, 0.3) is 11.8 Å². The summed E-state index contributed by atoms with van der Waals surface area (Å²) < 4.78 is 23.1. The summed E-state index contributed by atoms with van der Waals surface area (Å²) in [6, 6.07) is 7.37. The molecule has 12 heteroatoms. The van der Waals surface area contributed by atoms with E-state index >= 15 is 0 Å². The fourth-order valence-electron chi connectivity index (χ4n) is 3.98. The van der Waals surface area contributed by atoms with E-state index in [2.05, 4.69) is 0 Å². The van der Waals surface area contributed by atoms with Crippen molar-refractivity contribution >= 4 is 42.9 Å². The van der Waals surface area contributed by atoms with E-state index in [0.717, 1.165) is 15.8 Å². The second-order valence-electron chi connectivity index (χ2n) is 7.90. The molecule has 0 aliphatic carbocycles. The molecule has 10 nitrogen and oxygen atoms in total. The number of hydrogen-bond acceptors (Lipinski definition) is 8. The predicted octanol–water partition coefficient (Wildman–Crippen LogP) is -2.45. The van der Waals surface area contributed by atoms with Crippen molar-refractivity contribution in [1.82, 2.24) is 9.80 Å². The molecular weight excluding hydrogens is 418 g/mol. The van der Waals surface area contributed by atoms with Crippen LogP contribution in [0, 0.1) is 0 Å². The molecule has 5 rings (SSSR count). The number of hydrogen-bond donors (Lipinski definition) is 1. The normalized spacial score (nSPS) is 27.7. The van der Waals surface area contributed by atoms with Gasteiger partial charge in [0.2, 0.25) is 5.91 Å². The molecule has 0 spiro atoms. The maximum atomic E-state index is 11.8. The summed E-state index contributed by atoms with van der Waals surface area (Å²) in [5.41, 5.74) is 1.59. The number of aliphatic hydroxyl groups excluding tert-OH is 1.